The molecule has 1 saturated heterocycles. The van der Waals surface area contributed by atoms with Gasteiger partial charge in [-0.05, 0) is 31.2 Å². The molecule has 0 amide bonds. The van der Waals surface area contributed by atoms with Crippen LogP contribution in [0.5, 0.6) is 0 Å². The van der Waals surface area contributed by atoms with Crippen LogP contribution in [0.4, 0.5) is 5.69 Å². The molecule has 21 heavy (non-hydrogen) atoms. The highest BCUT2D eigenvalue weighted by atomic mass is 32.2. The number of hydrogen-bond donors (Lipinski definition) is 1. The molecule has 5 nitrogen and oxygen atoms in total. The van der Waals surface area contributed by atoms with Gasteiger partial charge in [0.25, 0.3) is 0 Å². The van der Waals surface area contributed by atoms with Crippen LogP contribution in [0.3, 0.4) is 0 Å². The Morgan fingerprint density at radius 2 is 2.19 bits per heavy atom. The highest BCUT2D eigenvalue weighted by Gasteiger charge is 2.33. The Kier molecular flexibility index (Phi) is 5.58. The van der Waals surface area contributed by atoms with Gasteiger partial charge in [0.2, 0.25) is 10.0 Å². The molecule has 0 aliphatic carbocycles. The van der Waals surface area contributed by atoms with Crippen molar-refractivity contribution in [3.8, 4) is 0 Å². The molecule has 2 heterocycles. The monoisotopic (exact) mass is 311 g/mol. The second kappa shape index (κ2) is 7.22. The Labute approximate surface area is 127 Å². The van der Waals surface area contributed by atoms with Crippen LogP contribution in [-0.4, -0.2) is 37.3 Å². The Morgan fingerprint density at radius 1 is 1.38 bits per heavy atom. The van der Waals surface area contributed by atoms with Crippen LogP contribution in [0.15, 0.2) is 23.4 Å². The van der Waals surface area contributed by atoms with Crippen molar-refractivity contribution >= 4 is 15.7 Å². The second-order valence-corrected chi connectivity index (χ2v) is 7.51. The van der Waals surface area contributed by atoms with Gasteiger partial charge < -0.3 is 5.32 Å². The number of pyridine rings is 1. The van der Waals surface area contributed by atoms with Gasteiger partial charge in [0.15, 0.2) is 0 Å². The van der Waals surface area contributed by atoms with Crippen LogP contribution in [-0.2, 0) is 10.0 Å². The molecule has 1 aliphatic heterocycles. The zero-order chi connectivity index (χ0) is 15.3. The van der Waals surface area contributed by atoms with Crippen LogP contribution in [0.25, 0.3) is 0 Å². The maximum Gasteiger partial charge on any atom is 0.246 e. The molecule has 6 heteroatoms. The zero-order valence-corrected chi connectivity index (χ0v) is 13.7. The average Bonchev–Trinajstić information content (AvgIpc) is 2.95. The van der Waals surface area contributed by atoms with E-state index in [1.165, 1.54) is 6.20 Å². The smallest absolute Gasteiger partial charge is 0.246 e. The number of hydrogen-bond acceptors (Lipinski definition) is 4. The Morgan fingerprint density at radius 3 is 2.90 bits per heavy atom. The molecule has 0 radical (unpaired) electrons. The van der Waals surface area contributed by atoms with Crippen molar-refractivity contribution in [2.75, 3.05) is 25.0 Å². The Hall–Kier alpha value is -1.14. The van der Waals surface area contributed by atoms with Gasteiger partial charge >= 0.3 is 0 Å². The minimum Gasteiger partial charge on any atom is -0.384 e. The molecule has 0 saturated carbocycles. The van der Waals surface area contributed by atoms with Crippen molar-refractivity contribution in [1.29, 1.82) is 0 Å². The van der Waals surface area contributed by atoms with E-state index in [0.717, 1.165) is 32.2 Å². The SMILES string of the molecule is CCCNc1ccncc1S(=O)(=O)N1CCC(CCC)C1. The summed E-state index contributed by atoms with van der Waals surface area (Å²) in [7, 11) is -3.44. The van der Waals surface area contributed by atoms with E-state index in [4.69, 9.17) is 0 Å². The summed E-state index contributed by atoms with van der Waals surface area (Å²) in [6, 6.07) is 1.74. The number of rotatable bonds is 7. The van der Waals surface area contributed by atoms with E-state index >= 15 is 0 Å². The lowest BCUT2D eigenvalue weighted by Gasteiger charge is -2.19. The van der Waals surface area contributed by atoms with Crippen LogP contribution < -0.4 is 5.32 Å². The molecule has 0 bridgehead atoms. The molecule has 118 valence electrons. The number of nitrogens with zero attached hydrogens (tertiary/aromatic N) is 2. The Bertz CT molecular complexity index is 560. The van der Waals surface area contributed by atoms with E-state index in [1.54, 1.807) is 16.6 Å². The highest BCUT2D eigenvalue weighted by Crippen LogP contribution is 2.29. The first kappa shape index (κ1) is 16.2. The summed E-state index contributed by atoms with van der Waals surface area (Å²) >= 11 is 0. The molecule has 1 N–H and O–H groups in total. The first-order valence-corrected chi connectivity index (χ1v) is 9.21. The summed E-state index contributed by atoms with van der Waals surface area (Å²) < 4.78 is 27.2. The van der Waals surface area contributed by atoms with Gasteiger partial charge in [-0.1, -0.05) is 20.3 Å². The topological polar surface area (TPSA) is 62.3 Å². The molecule has 2 rings (SSSR count). The van der Waals surface area contributed by atoms with Crippen molar-refractivity contribution in [3.05, 3.63) is 18.5 Å². The van der Waals surface area contributed by atoms with Crippen molar-refractivity contribution in [2.24, 2.45) is 5.92 Å². The standard InChI is InChI=1S/C15H25N3O2S/c1-3-5-13-7-10-18(12-13)21(19,20)15-11-16-9-6-14(15)17-8-4-2/h6,9,11,13H,3-5,7-8,10,12H2,1-2H3,(H,16,17). The third-order valence-corrected chi connectivity index (χ3v) is 5.81. The molecule has 1 unspecified atom stereocenters. The summed E-state index contributed by atoms with van der Waals surface area (Å²) in [5.41, 5.74) is 0.658. The Balaban J connectivity index is 2.20. The van der Waals surface area contributed by atoms with E-state index in [-0.39, 0.29) is 0 Å². The minimum absolute atomic E-state index is 0.301. The van der Waals surface area contributed by atoms with Crippen molar-refractivity contribution in [2.45, 2.75) is 44.4 Å². The summed E-state index contributed by atoms with van der Waals surface area (Å²) in [4.78, 5) is 4.30. The van der Waals surface area contributed by atoms with Gasteiger partial charge in [0.05, 0.1) is 5.69 Å². The van der Waals surface area contributed by atoms with E-state index in [9.17, 15) is 8.42 Å². The first-order chi connectivity index (χ1) is 10.1. The molecule has 0 aromatic carbocycles. The van der Waals surface area contributed by atoms with Gasteiger partial charge in [-0.15, -0.1) is 0 Å². The summed E-state index contributed by atoms with van der Waals surface area (Å²) in [6.45, 7) is 6.21. The van der Waals surface area contributed by atoms with E-state index in [1.807, 2.05) is 0 Å². The van der Waals surface area contributed by atoms with Crippen molar-refractivity contribution in [3.63, 3.8) is 0 Å². The van der Waals surface area contributed by atoms with Gasteiger partial charge in [0.1, 0.15) is 4.90 Å². The van der Waals surface area contributed by atoms with Gasteiger partial charge in [-0.3, -0.25) is 4.98 Å². The summed E-state index contributed by atoms with van der Waals surface area (Å²) in [6.07, 6.45) is 7.20. The van der Waals surface area contributed by atoms with E-state index in [0.29, 0.717) is 29.6 Å². The number of aromatic nitrogens is 1. The zero-order valence-electron chi connectivity index (χ0n) is 12.9. The van der Waals surface area contributed by atoms with Crippen molar-refractivity contribution < 1.29 is 8.42 Å². The molecular formula is C15H25N3O2S. The predicted molar refractivity (Wildman–Crippen MR) is 84.8 cm³/mol. The van der Waals surface area contributed by atoms with Crippen LogP contribution in [0.1, 0.15) is 39.5 Å². The van der Waals surface area contributed by atoms with Gasteiger partial charge in [0, 0.05) is 32.0 Å². The van der Waals surface area contributed by atoms with E-state index in [2.05, 4.69) is 24.1 Å². The number of anilines is 1. The highest BCUT2D eigenvalue weighted by molar-refractivity contribution is 7.89. The normalized spacial score (nSPS) is 19.8. The largest absolute Gasteiger partial charge is 0.384 e. The predicted octanol–water partition coefficient (Wildman–Crippen LogP) is 2.71. The molecule has 1 aromatic heterocycles. The third kappa shape index (κ3) is 3.74. The molecule has 1 fully saturated rings. The molecule has 1 aliphatic rings. The van der Waals surface area contributed by atoms with Crippen LogP contribution >= 0.6 is 0 Å². The lowest BCUT2D eigenvalue weighted by atomic mass is 10.0. The maximum atomic E-state index is 12.8. The lowest BCUT2D eigenvalue weighted by Crippen LogP contribution is -2.29. The van der Waals surface area contributed by atoms with Crippen LogP contribution in [0, 0.1) is 5.92 Å². The fourth-order valence-corrected chi connectivity index (χ4v) is 4.43. The average molecular weight is 311 g/mol. The second-order valence-electron chi connectivity index (χ2n) is 5.61. The van der Waals surface area contributed by atoms with Gasteiger partial charge in [-0.25, -0.2) is 8.42 Å². The quantitative estimate of drug-likeness (QED) is 0.841. The maximum absolute atomic E-state index is 12.8. The third-order valence-electron chi connectivity index (χ3n) is 3.91. The molecule has 1 aromatic rings. The molecular weight excluding hydrogens is 286 g/mol. The first-order valence-electron chi connectivity index (χ1n) is 7.77. The summed E-state index contributed by atoms with van der Waals surface area (Å²) in [5.74, 6) is 0.494. The molecule has 0 spiro atoms. The minimum atomic E-state index is -3.44. The number of sulfonamides is 1. The van der Waals surface area contributed by atoms with E-state index < -0.39 is 10.0 Å². The fourth-order valence-electron chi connectivity index (χ4n) is 2.79. The molecule has 1 atom stereocenters. The summed E-state index contributed by atoms with van der Waals surface area (Å²) in [5, 5.41) is 3.18. The fraction of sp³-hybridized carbons (Fsp3) is 0.667. The van der Waals surface area contributed by atoms with Gasteiger partial charge in [-0.2, -0.15) is 4.31 Å². The van der Waals surface area contributed by atoms with Crippen molar-refractivity contribution in [1.82, 2.24) is 9.29 Å². The lowest BCUT2D eigenvalue weighted by molar-refractivity contribution is 0.444. The van der Waals surface area contributed by atoms with Crippen LogP contribution in [0.2, 0.25) is 0 Å². The number of nitrogens with one attached hydrogen (secondary N) is 1.